The van der Waals surface area contributed by atoms with Gasteiger partial charge in [-0.05, 0) is 28.1 Å². The maximum absolute atomic E-state index is 12.4. The third kappa shape index (κ3) is 3.54. The quantitative estimate of drug-likeness (QED) is 0.535. The summed E-state index contributed by atoms with van der Waals surface area (Å²) in [7, 11) is 0. The summed E-state index contributed by atoms with van der Waals surface area (Å²) >= 11 is 2.05. The minimum atomic E-state index is -5.35. The fraction of sp³-hybridized carbons (Fsp3) is 0.333. The lowest BCUT2D eigenvalue weighted by Gasteiger charge is -2.18. The van der Waals surface area contributed by atoms with Crippen LogP contribution in [0.5, 0.6) is 0 Å². The highest BCUT2D eigenvalue weighted by atomic mass is 79.9. The molecule has 19 heavy (non-hydrogen) atoms. The van der Waals surface area contributed by atoms with Crippen LogP contribution in [0.4, 0.5) is 39.5 Å². The van der Waals surface area contributed by atoms with E-state index in [2.05, 4.69) is 0 Å². The Morgan fingerprint density at radius 2 is 0.947 bits per heavy atom. The van der Waals surface area contributed by atoms with E-state index in [0.717, 1.165) is 0 Å². The van der Waals surface area contributed by atoms with Crippen LogP contribution in [0.3, 0.4) is 0 Å². The van der Waals surface area contributed by atoms with Crippen molar-refractivity contribution in [1.29, 1.82) is 0 Å². The van der Waals surface area contributed by atoms with Crippen LogP contribution in [0.1, 0.15) is 16.7 Å². The second-order valence-corrected chi connectivity index (χ2v) is 4.17. The third-order valence-corrected chi connectivity index (χ3v) is 2.87. The molecule has 0 spiro atoms. The number of alkyl halides is 9. The number of hydrogen-bond donors (Lipinski definition) is 0. The molecule has 0 aliphatic heterocycles. The predicted molar refractivity (Wildman–Crippen MR) is 49.1 cm³/mol. The van der Waals surface area contributed by atoms with Crippen molar-refractivity contribution in [1.82, 2.24) is 0 Å². The second kappa shape index (κ2) is 4.57. The zero-order valence-corrected chi connectivity index (χ0v) is 10.0. The molecule has 0 fully saturated rings. The van der Waals surface area contributed by atoms with Crippen molar-refractivity contribution in [2.45, 2.75) is 18.5 Å². The summed E-state index contributed by atoms with van der Waals surface area (Å²) in [6.07, 6.45) is -16.0. The first-order valence-corrected chi connectivity index (χ1v) is 5.09. The van der Waals surface area contributed by atoms with E-state index in [-0.39, 0.29) is 12.1 Å². The summed E-state index contributed by atoms with van der Waals surface area (Å²) in [6.45, 7) is 0. The Balaban J connectivity index is 3.68. The normalized spacial score (nSPS) is 13.8. The Kier molecular flexibility index (Phi) is 3.88. The van der Waals surface area contributed by atoms with Crippen LogP contribution < -0.4 is 0 Å². The molecule has 0 N–H and O–H groups in total. The summed E-state index contributed by atoms with van der Waals surface area (Å²) in [4.78, 5) is 0. The smallest absolute Gasteiger partial charge is 0.166 e. The van der Waals surface area contributed by atoms with E-state index < -0.39 is 39.7 Å². The van der Waals surface area contributed by atoms with Gasteiger partial charge in [-0.2, -0.15) is 39.5 Å². The maximum Gasteiger partial charge on any atom is 0.417 e. The van der Waals surface area contributed by atoms with Crippen LogP contribution >= 0.6 is 15.9 Å². The summed E-state index contributed by atoms with van der Waals surface area (Å²) in [5, 5.41) is 0. The monoisotopic (exact) mass is 360 g/mol. The van der Waals surface area contributed by atoms with E-state index in [0.29, 0.717) is 0 Å². The lowest BCUT2D eigenvalue weighted by Crippen LogP contribution is -2.16. The Labute approximate surface area is 108 Å². The second-order valence-electron chi connectivity index (χ2n) is 3.38. The van der Waals surface area contributed by atoms with Crippen LogP contribution in [0, 0.1) is 0 Å². The first-order valence-electron chi connectivity index (χ1n) is 4.29. The molecule has 0 bridgehead atoms. The maximum atomic E-state index is 12.4. The van der Waals surface area contributed by atoms with Gasteiger partial charge in [-0.1, -0.05) is 0 Å². The van der Waals surface area contributed by atoms with Crippen LogP contribution in [-0.2, 0) is 18.5 Å². The van der Waals surface area contributed by atoms with E-state index in [1.165, 1.54) is 0 Å². The largest absolute Gasteiger partial charge is 0.417 e. The van der Waals surface area contributed by atoms with E-state index in [9.17, 15) is 39.5 Å². The highest BCUT2D eigenvalue weighted by molar-refractivity contribution is 9.10. The van der Waals surface area contributed by atoms with Crippen LogP contribution in [0.25, 0.3) is 0 Å². The van der Waals surface area contributed by atoms with Crippen molar-refractivity contribution in [3.8, 4) is 0 Å². The van der Waals surface area contributed by atoms with Crippen molar-refractivity contribution in [2.75, 3.05) is 0 Å². The predicted octanol–water partition coefficient (Wildman–Crippen LogP) is 5.51. The minimum absolute atomic E-state index is 0.376. The molecule has 0 saturated heterocycles. The number of halogens is 10. The fourth-order valence-electron chi connectivity index (χ4n) is 1.20. The van der Waals surface area contributed by atoms with E-state index in [1.807, 2.05) is 15.9 Å². The molecular weight excluding hydrogens is 359 g/mol. The Hall–Kier alpha value is -0.930. The zero-order valence-electron chi connectivity index (χ0n) is 8.43. The molecule has 0 atom stereocenters. The van der Waals surface area contributed by atoms with Gasteiger partial charge in [-0.25, -0.2) is 0 Å². The van der Waals surface area contributed by atoms with Crippen molar-refractivity contribution < 1.29 is 39.5 Å². The third-order valence-electron chi connectivity index (χ3n) is 2.01. The van der Waals surface area contributed by atoms with E-state index in [4.69, 9.17) is 0 Å². The lowest BCUT2D eigenvalue weighted by atomic mass is 10.0. The van der Waals surface area contributed by atoms with Gasteiger partial charge in [0.15, 0.2) is 0 Å². The van der Waals surface area contributed by atoms with Crippen LogP contribution in [0.2, 0.25) is 0 Å². The Bertz CT molecular complexity index is 445. The molecule has 0 saturated carbocycles. The van der Waals surface area contributed by atoms with Gasteiger partial charge in [0.2, 0.25) is 0 Å². The van der Waals surface area contributed by atoms with E-state index in [1.54, 1.807) is 0 Å². The molecule has 108 valence electrons. The lowest BCUT2D eigenvalue weighted by molar-refractivity contribution is -0.149. The molecule has 0 radical (unpaired) electrons. The fourth-order valence-corrected chi connectivity index (χ4v) is 1.88. The molecule has 0 heterocycles. The van der Waals surface area contributed by atoms with Gasteiger partial charge in [0.05, 0.1) is 16.7 Å². The van der Waals surface area contributed by atoms with Gasteiger partial charge in [0.1, 0.15) is 0 Å². The van der Waals surface area contributed by atoms with Crippen LogP contribution in [0.15, 0.2) is 16.6 Å². The number of hydrogen-bond acceptors (Lipinski definition) is 0. The molecule has 1 aromatic carbocycles. The van der Waals surface area contributed by atoms with Gasteiger partial charge >= 0.3 is 18.5 Å². The van der Waals surface area contributed by atoms with Crippen molar-refractivity contribution in [3.63, 3.8) is 0 Å². The molecular formula is C9H2BrF9. The minimum Gasteiger partial charge on any atom is -0.166 e. The Morgan fingerprint density at radius 1 is 0.632 bits per heavy atom. The number of benzene rings is 1. The van der Waals surface area contributed by atoms with Gasteiger partial charge < -0.3 is 0 Å². The molecule has 1 rings (SSSR count). The molecule has 10 heteroatoms. The first-order chi connectivity index (χ1) is 8.24. The standard InChI is InChI=1S/C9H2BrF9/c10-6-4(8(14,15)16)1-3(7(11,12)13)2-5(6)9(17,18)19/h1-2H. The highest BCUT2D eigenvalue weighted by Gasteiger charge is 2.44. The number of rotatable bonds is 0. The average molecular weight is 361 g/mol. The molecule has 0 unspecified atom stereocenters. The SMILES string of the molecule is FC(F)(F)c1cc(C(F)(F)F)c(Br)c(C(F)(F)F)c1. The topological polar surface area (TPSA) is 0 Å². The van der Waals surface area contributed by atoms with E-state index >= 15 is 0 Å². The van der Waals surface area contributed by atoms with Crippen molar-refractivity contribution in [3.05, 3.63) is 33.3 Å². The first kappa shape index (κ1) is 16.1. The zero-order chi connectivity index (χ0) is 15.2. The molecule has 1 aromatic rings. The molecule has 0 aliphatic carbocycles. The summed E-state index contributed by atoms with van der Waals surface area (Å²) in [5.74, 6) is 0. The molecule has 0 amide bonds. The summed E-state index contributed by atoms with van der Waals surface area (Å²) < 4.78 is 110. The molecule has 0 nitrogen and oxygen atoms in total. The van der Waals surface area contributed by atoms with Crippen molar-refractivity contribution >= 4 is 15.9 Å². The van der Waals surface area contributed by atoms with Gasteiger partial charge in [0.25, 0.3) is 0 Å². The molecule has 0 aromatic heterocycles. The van der Waals surface area contributed by atoms with Crippen LogP contribution in [-0.4, -0.2) is 0 Å². The Morgan fingerprint density at radius 3 is 1.16 bits per heavy atom. The summed E-state index contributed by atoms with van der Waals surface area (Å²) in [5.41, 5.74) is -6.08. The van der Waals surface area contributed by atoms with Crippen molar-refractivity contribution in [2.24, 2.45) is 0 Å². The average Bonchev–Trinajstić information content (AvgIpc) is 2.11. The summed E-state index contributed by atoms with van der Waals surface area (Å²) in [6, 6.07) is -0.751. The highest BCUT2D eigenvalue weighted by Crippen LogP contribution is 2.45. The van der Waals surface area contributed by atoms with Gasteiger partial charge in [-0.3, -0.25) is 0 Å². The van der Waals surface area contributed by atoms with Gasteiger partial charge in [-0.15, -0.1) is 0 Å². The van der Waals surface area contributed by atoms with Gasteiger partial charge in [0, 0.05) is 4.47 Å². The molecule has 0 aliphatic rings.